The van der Waals surface area contributed by atoms with Crippen LogP contribution in [0.5, 0.6) is 17.2 Å². The van der Waals surface area contributed by atoms with E-state index < -0.39 is 11.9 Å². The Kier molecular flexibility index (Phi) is 10.7. The predicted molar refractivity (Wildman–Crippen MR) is 155 cm³/mol. The fourth-order valence-corrected chi connectivity index (χ4v) is 6.34. The fourth-order valence-electron chi connectivity index (χ4n) is 6.34. The summed E-state index contributed by atoms with van der Waals surface area (Å²) in [7, 11) is 1.63. The van der Waals surface area contributed by atoms with Crippen LogP contribution in [0, 0.1) is 11.8 Å². The van der Waals surface area contributed by atoms with Gasteiger partial charge in [0.1, 0.15) is 5.75 Å². The number of carbonyl (C=O) groups excluding carboxylic acids is 1. The van der Waals surface area contributed by atoms with Gasteiger partial charge in [0.05, 0.1) is 13.0 Å². The second kappa shape index (κ2) is 14.4. The third kappa shape index (κ3) is 7.29. The highest BCUT2D eigenvalue weighted by atomic mass is 16.7. The Morgan fingerprint density at radius 3 is 2.08 bits per heavy atom. The van der Waals surface area contributed by atoms with Gasteiger partial charge in [0.25, 0.3) is 0 Å². The highest BCUT2D eigenvalue weighted by Crippen LogP contribution is 2.47. The van der Waals surface area contributed by atoms with Crippen LogP contribution in [-0.2, 0) is 9.59 Å². The second-order valence-electron chi connectivity index (χ2n) is 11.3. The van der Waals surface area contributed by atoms with Crippen LogP contribution in [0.3, 0.4) is 0 Å². The average molecular weight is 552 g/mol. The van der Waals surface area contributed by atoms with Gasteiger partial charge < -0.3 is 24.2 Å². The smallest absolute Gasteiger partial charge is 0.307 e. The molecule has 1 aliphatic heterocycles. The second-order valence-corrected chi connectivity index (χ2v) is 11.3. The number of carboxylic acid groups (broad SMARTS) is 1. The third-order valence-electron chi connectivity index (χ3n) is 8.67. The highest BCUT2D eigenvalue weighted by molar-refractivity contribution is 5.76. The molecule has 0 aromatic heterocycles. The summed E-state index contributed by atoms with van der Waals surface area (Å²) >= 11 is 0. The van der Waals surface area contributed by atoms with E-state index in [9.17, 15) is 14.7 Å². The number of methoxy groups -OCH3 is 1. The minimum Gasteiger partial charge on any atom is -0.497 e. The van der Waals surface area contributed by atoms with Crippen LogP contribution in [0.2, 0.25) is 0 Å². The number of hydrogen-bond acceptors (Lipinski definition) is 5. The summed E-state index contributed by atoms with van der Waals surface area (Å²) in [6.45, 7) is 6.13. The number of aliphatic carboxylic acids is 1. The monoisotopic (exact) mass is 551 g/mol. The standard InChI is InChI=1S/C33H45NO6/c1-4-6-18-34(19-7-5-2)31(35)20-23-8-15-27(24-10-13-26(38-3)14-11-24)32(33(36)37)28(16-9-23)25-12-17-29-30(21-25)40-22-39-29/h10-14,17,21,23,27-28,32H,4-9,15-16,18-20,22H2,1-3H3,(H,36,37). The molecule has 1 heterocycles. The fraction of sp³-hybridized carbons (Fsp3) is 0.576. The van der Waals surface area contributed by atoms with Gasteiger partial charge in [0.2, 0.25) is 12.7 Å². The Hall–Kier alpha value is -3.22. The first-order valence-corrected chi connectivity index (χ1v) is 15.0. The van der Waals surface area contributed by atoms with Gasteiger partial charge in [-0.2, -0.15) is 0 Å². The first-order chi connectivity index (χ1) is 19.4. The molecule has 7 nitrogen and oxygen atoms in total. The molecule has 2 aliphatic rings. The van der Waals surface area contributed by atoms with Crippen LogP contribution in [0.1, 0.15) is 94.6 Å². The molecular weight excluding hydrogens is 506 g/mol. The van der Waals surface area contributed by atoms with Crippen molar-refractivity contribution >= 4 is 11.9 Å². The van der Waals surface area contributed by atoms with Crippen molar-refractivity contribution in [3.8, 4) is 17.2 Å². The van der Waals surface area contributed by atoms with E-state index in [2.05, 4.69) is 18.7 Å². The normalized spacial score (nSPS) is 22.3. The molecule has 2 aromatic carbocycles. The molecule has 1 amide bonds. The molecule has 0 saturated heterocycles. The molecule has 2 aromatic rings. The molecule has 1 saturated carbocycles. The van der Waals surface area contributed by atoms with Gasteiger partial charge in [-0.15, -0.1) is 0 Å². The third-order valence-corrected chi connectivity index (χ3v) is 8.67. The number of rotatable bonds is 12. The first kappa shape index (κ1) is 29.8. The number of amides is 1. The van der Waals surface area contributed by atoms with E-state index >= 15 is 0 Å². The van der Waals surface area contributed by atoms with Crippen molar-refractivity contribution in [1.82, 2.24) is 4.90 Å². The number of ether oxygens (including phenoxy) is 3. The van der Waals surface area contributed by atoms with Crippen molar-refractivity contribution in [1.29, 1.82) is 0 Å². The van der Waals surface area contributed by atoms with E-state index in [1.54, 1.807) is 7.11 Å². The lowest BCUT2D eigenvalue weighted by Gasteiger charge is -2.36. The Morgan fingerprint density at radius 1 is 0.875 bits per heavy atom. The molecule has 0 bridgehead atoms. The van der Waals surface area contributed by atoms with E-state index in [1.165, 1.54) is 0 Å². The lowest BCUT2D eigenvalue weighted by atomic mass is 9.67. The van der Waals surface area contributed by atoms with E-state index in [4.69, 9.17) is 14.2 Å². The van der Waals surface area contributed by atoms with Crippen LogP contribution in [0.4, 0.5) is 0 Å². The Balaban J connectivity index is 1.63. The minimum atomic E-state index is -0.789. The Morgan fingerprint density at radius 2 is 1.48 bits per heavy atom. The van der Waals surface area contributed by atoms with Crippen molar-refractivity contribution in [2.24, 2.45) is 11.8 Å². The zero-order valence-corrected chi connectivity index (χ0v) is 24.3. The van der Waals surface area contributed by atoms with Crippen LogP contribution in [0.15, 0.2) is 42.5 Å². The van der Waals surface area contributed by atoms with Crippen molar-refractivity contribution in [3.63, 3.8) is 0 Å². The van der Waals surface area contributed by atoms with Gasteiger partial charge in [-0.3, -0.25) is 9.59 Å². The van der Waals surface area contributed by atoms with Gasteiger partial charge in [0.15, 0.2) is 11.5 Å². The molecule has 1 N–H and O–H groups in total. The number of benzene rings is 2. The Labute approximate surface area is 238 Å². The van der Waals surface area contributed by atoms with Gasteiger partial charge in [-0.1, -0.05) is 44.9 Å². The molecular formula is C33H45NO6. The summed E-state index contributed by atoms with van der Waals surface area (Å²) in [5.41, 5.74) is 1.95. The van der Waals surface area contributed by atoms with E-state index in [1.807, 2.05) is 42.5 Å². The Bertz CT molecular complexity index is 1110. The molecule has 40 heavy (non-hydrogen) atoms. The van der Waals surface area contributed by atoms with E-state index in [-0.39, 0.29) is 30.5 Å². The largest absolute Gasteiger partial charge is 0.497 e. The maximum atomic E-state index is 13.5. The summed E-state index contributed by atoms with van der Waals surface area (Å²) in [6.07, 6.45) is 7.76. The van der Waals surface area contributed by atoms with Gasteiger partial charge in [0, 0.05) is 19.5 Å². The molecule has 7 heteroatoms. The topological polar surface area (TPSA) is 85.3 Å². The SMILES string of the molecule is CCCCN(CCCC)C(=O)CC1CCC(c2ccc(OC)cc2)C(C(=O)O)C(c2ccc3c(c2)OCO3)CC1. The van der Waals surface area contributed by atoms with Crippen molar-refractivity contribution < 1.29 is 28.9 Å². The zero-order chi connectivity index (χ0) is 28.5. The molecule has 1 fully saturated rings. The quantitative estimate of drug-likeness (QED) is 0.306. The molecule has 1 aliphatic carbocycles. The summed E-state index contributed by atoms with van der Waals surface area (Å²) in [4.78, 5) is 28.5. The first-order valence-electron chi connectivity index (χ1n) is 15.0. The van der Waals surface area contributed by atoms with E-state index in [0.29, 0.717) is 30.8 Å². The molecule has 4 rings (SSSR count). The highest BCUT2D eigenvalue weighted by Gasteiger charge is 2.40. The lowest BCUT2D eigenvalue weighted by molar-refractivity contribution is -0.144. The van der Waals surface area contributed by atoms with Crippen molar-refractivity contribution in [2.45, 2.75) is 83.5 Å². The molecule has 4 atom stereocenters. The number of nitrogens with zero attached hydrogens (tertiary/aromatic N) is 1. The number of hydrogen-bond donors (Lipinski definition) is 1. The van der Waals surface area contributed by atoms with Gasteiger partial charge in [-0.05, 0) is 91.7 Å². The van der Waals surface area contributed by atoms with Crippen LogP contribution >= 0.6 is 0 Å². The summed E-state index contributed by atoms with van der Waals surface area (Å²) < 4.78 is 16.5. The zero-order valence-electron chi connectivity index (χ0n) is 24.3. The van der Waals surface area contributed by atoms with Crippen LogP contribution in [-0.4, -0.2) is 48.9 Å². The van der Waals surface area contributed by atoms with Crippen LogP contribution < -0.4 is 14.2 Å². The molecule has 0 spiro atoms. The van der Waals surface area contributed by atoms with Crippen molar-refractivity contribution in [3.05, 3.63) is 53.6 Å². The van der Waals surface area contributed by atoms with Crippen molar-refractivity contribution in [2.75, 3.05) is 27.0 Å². The maximum absolute atomic E-state index is 13.5. The summed E-state index contributed by atoms with van der Waals surface area (Å²) in [6, 6.07) is 13.6. The van der Waals surface area contributed by atoms with Gasteiger partial charge >= 0.3 is 5.97 Å². The average Bonchev–Trinajstić information content (AvgIpc) is 3.42. The number of unbranched alkanes of at least 4 members (excludes halogenated alkanes) is 2. The molecule has 0 radical (unpaired) electrons. The predicted octanol–water partition coefficient (Wildman–Crippen LogP) is 7.00. The maximum Gasteiger partial charge on any atom is 0.307 e. The number of carbonyl (C=O) groups is 2. The lowest BCUT2D eigenvalue weighted by Crippen LogP contribution is -2.35. The summed E-state index contributed by atoms with van der Waals surface area (Å²) in [5, 5.41) is 10.6. The molecule has 4 unspecified atom stereocenters. The minimum absolute atomic E-state index is 0.178. The molecule has 218 valence electrons. The summed E-state index contributed by atoms with van der Waals surface area (Å²) in [5.74, 6) is 0.764. The number of carboxylic acids is 1. The van der Waals surface area contributed by atoms with Crippen LogP contribution in [0.25, 0.3) is 0 Å². The van der Waals surface area contributed by atoms with E-state index in [0.717, 1.165) is 68.5 Å². The van der Waals surface area contributed by atoms with Gasteiger partial charge in [-0.25, -0.2) is 0 Å². The number of fused-ring (bicyclic) bond motifs is 1.